The summed E-state index contributed by atoms with van der Waals surface area (Å²) in [7, 11) is 0. The third-order valence-electron chi connectivity index (χ3n) is 3.44. The number of nitrogen functional groups attached to an aromatic ring is 1. The van der Waals surface area contributed by atoms with Gasteiger partial charge in [-0.25, -0.2) is 9.68 Å². The summed E-state index contributed by atoms with van der Waals surface area (Å²) in [5.41, 5.74) is 13.1. The topological polar surface area (TPSA) is 117 Å². The van der Waals surface area contributed by atoms with Crippen LogP contribution in [0.2, 0.25) is 0 Å². The first-order valence-electron chi connectivity index (χ1n) is 7.52. The second kappa shape index (κ2) is 7.58. The minimum Gasteiger partial charge on any atom is -0.397 e. The van der Waals surface area contributed by atoms with Crippen molar-refractivity contribution in [2.24, 2.45) is 5.73 Å². The van der Waals surface area contributed by atoms with E-state index in [-0.39, 0.29) is 11.7 Å². The van der Waals surface area contributed by atoms with E-state index < -0.39 is 6.09 Å². The van der Waals surface area contributed by atoms with Crippen LogP contribution in [0.15, 0.2) is 60.0 Å². The van der Waals surface area contributed by atoms with Crippen molar-refractivity contribution in [2.45, 2.75) is 0 Å². The fourth-order valence-corrected chi connectivity index (χ4v) is 2.93. The number of rotatable bonds is 5. The molecule has 0 unspecified atom stereocenters. The van der Waals surface area contributed by atoms with E-state index in [0.717, 1.165) is 10.4 Å². The molecule has 2 aromatic carbocycles. The molecule has 8 heteroatoms. The highest BCUT2D eigenvalue weighted by Gasteiger charge is 2.10. The number of anilines is 2. The maximum atomic E-state index is 12.4. The first kappa shape index (κ1) is 17.3. The maximum Gasteiger partial charge on any atom is 0.447 e. The monoisotopic (exact) mass is 369 g/mol. The zero-order valence-corrected chi connectivity index (χ0v) is 14.3. The Bertz CT molecular complexity index is 924. The molecule has 0 aliphatic rings. The van der Waals surface area contributed by atoms with Crippen LogP contribution < -0.4 is 21.7 Å². The van der Waals surface area contributed by atoms with E-state index in [4.69, 9.17) is 11.5 Å². The molecule has 0 saturated carbocycles. The highest BCUT2D eigenvalue weighted by molar-refractivity contribution is 7.13. The van der Waals surface area contributed by atoms with Crippen LogP contribution in [0, 0.1) is 0 Å². The van der Waals surface area contributed by atoms with Gasteiger partial charge in [-0.15, -0.1) is 11.3 Å². The average Bonchev–Trinajstić information content (AvgIpc) is 3.17. The molecule has 1 aromatic heterocycles. The van der Waals surface area contributed by atoms with Gasteiger partial charge in [-0.2, -0.15) is 0 Å². The van der Waals surface area contributed by atoms with Crippen molar-refractivity contribution in [2.75, 3.05) is 11.1 Å². The van der Waals surface area contributed by atoms with Crippen molar-refractivity contribution in [1.29, 1.82) is 0 Å². The maximum absolute atomic E-state index is 12.4. The van der Waals surface area contributed by atoms with E-state index in [1.165, 1.54) is 24.3 Å². The van der Waals surface area contributed by atoms with E-state index >= 15 is 0 Å². The molecule has 0 bridgehead atoms. The van der Waals surface area contributed by atoms with Crippen LogP contribution in [0.5, 0.6) is 5.75 Å². The zero-order chi connectivity index (χ0) is 18.5. The minimum atomic E-state index is -1.06. The molecule has 0 saturated heterocycles. The number of nitrogens with one attached hydrogen (secondary N) is 1. The van der Waals surface area contributed by atoms with Crippen LogP contribution in [0.3, 0.4) is 0 Å². The summed E-state index contributed by atoms with van der Waals surface area (Å²) in [6.45, 7) is 0. The fraction of sp³-hybridized carbons (Fsp3) is 0. The number of hydrogen-bond donors (Lipinski definition) is 3. The third-order valence-corrected chi connectivity index (χ3v) is 4.36. The van der Waals surface area contributed by atoms with Gasteiger partial charge in [-0.05, 0) is 53.4 Å². The summed E-state index contributed by atoms with van der Waals surface area (Å²) >= 11 is 1.60. The molecule has 0 aliphatic carbocycles. The van der Waals surface area contributed by atoms with Gasteiger partial charge in [-0.3, -0.25) is 9.68 Å². The molecule has 2 amide bonds. The Kier molecular flexibility index (Phi) is 5.04. The van der Waals surface area contributed by atoms with E-state index in [0.29, 0.717) is 16.9 Å². The second-order valence-electron chi connectivity index (χ2n) is 5.24. The summed E-state index contributed by atoms with van der Waals surface area (Å²) in [5, 5.41) is 4.77. The molecule has 0 fully saturated rings. The molecule has 0 aliphatic heterocycles. The van der Waals surface area contributed by atoms with Crippen molar-refractivity contribution in [3.05, 3.63) is 65.5 Å². The molecular weight excluding hydrogens is 354 g/mol. The summed E-state index contributed by atoms with van der Waals surface area (Å²) in [6.07, 6.45) is -1.06. The van der Waals surface area contributed by atoms with E-state index in [9.17, 15) is 9.59 Å². The smallest absolute Gasteiger partial charge is 0.397 e. The molecule has 0 spiro atoms. The van der Waals surface area contributed by atoms with Gasteiger partial charge < -0.3 is 16.8 Å². The van der Waals surface area contributed by atoms with Crippen LogP contribution in [0.1, 0.15) is 10.4 Å². The number of primary amides is 1. The minimum absolute atomic E-state index is 0.236. The van der Waals surface area contributed by atoms with Crippen molar-refractivity contribution in [3.63, 3.8) is 0 Å². The Morgan fingerprint density at radius 3 is 2.46 bits per heavy atom. The molecule has 26 heavy (non-hydrogen) atoms. The van der Waals surface area contributed by atoms with E-state index in [2.05, 4.69) is 15.1 Å². The zero-order valence-electron chi connectivity index (χ0n) is 13.5. The Morgan fingerprint density at radius 1 is 1.04 bits per heavy atom. The van der Waals surface area contributed by atoms with E-state index in [1.807, 2.05) is 29.6 Å². The van der Waals surface area contributed by atoms with Crippen molar-refractivity contribution in [1.82, 2.24) is 0 Å². The van der Waals surface area contributed by atoms with Crippen LogP contribution in [0.4, 0.5) is 16.2 Å². The van der Waals surface area contributed by atoms with E-state index in [1.54, 1.807) is 17.4 Å². The van der Waals surface area contributed by atoms with Gasteiger partial charge in [0.15, 0.2) is 5.75 Å². The molecule has 7 nitrogen and oxygen atoms in total. The van der Waals surface area contributed by atoms with Gasteiger partial charge in [0.05, 0.1) is 11.4 Å². The van der Waals surface area contributed by atoms with Crippen molar-refractivity contribution < 1.29 is 19.4 Å². The van der Waals surface area contributed by atoms with Crippen molar-refractivity contribution >= 4 is 34.7 Å². The first-order chi connectivity index (χ1) is 12.5. The lowest BCUT2D eigenvalue weighted by molar-refractivity contribution is -0.138. The molecular formula is C18H15N3O4S. The lowest BCUT2D eigenvalue weighted by Crippen LogP contribution is -2.15. The van der Waals surface area contributed by atoms with Gasteiger partial charge in [0.25, 0.3) is 5.91 Å². The molecule has 0 atom stereocenters. The van der Waals surface area contributed by atoms with Gasteiger partial charge >= 0.3 is 6.09 Å². The third kappa shape index (κ3) is 4.11. The molecule has 0 radical (unpaired) electrons. The van der Waals surface area contributed by atoms with Crippen LogP contribution in [-0.4, -0.2) is 12.0 Å². The predicted molar refractivity (Wildman–Crippen MR) is 99.9 cm³/mol. The number of nitrogens with two attached hydrogens (primary N) is 2. The van der Waals surface area contributed by atoms with Crippen molar-refractivity contribution in [3.8, 4) is 16.2 Å². The van der Waals surface area contributed by atoms with Crippen LogP contribution in [0.25, 0.3) is 10.4 Å². The van der Waals surface area contributed by atoms with Gasteiger partial charge in [0.1, 0.15) is 0 Å². The molecule has 3 aromatic rings. The highest BCUT2D eigenvalue weighted by Crippen LogP contribution is 2.30. The number of hydrogen-bond acceptors (Lipinski definition) is 6. The second-order valence-corrected chi connectivity index (χ2v) is 6.19. The first-order valence-corrected chi connectivity index (χ1v) is 8.39. The van der Waals surface area contributed by atoms with Crippen LogP contribution >= 0.6 is 11.3 Å². The summed E-state index contributed by atoms with van der Waals surface area (Å²) < 4.78 is 0. The number of carbonyl (C=O) groups is 2. The standard InChI is InChI=1S/C18H15N3O4S/c19-14-8-5-12(16-2-1-9-26-16)10-15(14)21-17(22)11-3-6-13(7-4-11)24-25-18(20)23/h1-10H,19H2,(H2,20,23)(H,21,22). The number of benzene rings is 2. The predicted octanol–water partition coefficient (Wildman–Crippen LogP) is 3.64. The average molecular weight is 369 g/mol. The Labute approximate surface area is 153 Å². The summed E-state index contributed by atoms with van der Waals surface area (Å²) in [6, 6.07) is 15.4. The number of amides is 2. The largest absolute Gasteiger partial charge is 0.447 e. The summed E-state index contributed by atoms with van der Waals surface area (Å²) in [4.78, 5) is 32.9. The Balaban J connectivity index is 1.73. The van der Waals surface area contributed by atoms with Gasteiger partial charge in [0.2, 0.25) is 0 Å². The summed E-state index contributed by atoms with van der Waals surface area (Å²) in [5.74, 6) is -0.0954. The highest BCUT2D eigenvalue weighted by atomic mass is 32.1. The SMILES string of the molecule is NC(=O)OOc1ccc(C(=O)Nc2cc(-c3cccs3)ccc2N)cc1. The fourth-order valence-electron chi connectivity index (χ4n) is 2.21. The number of carbonyl (C=O) groups excluding carboxylic acids is 2. The Hall–Kier alpha value is -3.52. The molecule has 132 valence electrons. The normalized spacial score (nSPS) is 10.2. The lowest BCUT2D eigenvalue weighted by Gasteiger charge is -2.10. The van der Waals surface area contributed by atoms with Gasteiger partial charge in [-0.1, -0.05) is 12.1 Å². The molecule has 5 N–H and O–H groups in total. The Morgan fingerprint density at radius 2 is 1.81 bits per heavy atom. The van der Waals surface area contributed by atoms with Crippen LogP contribution in [-0.2, 0) is 4.89 Å². The lowest BCUT2D eigenvalue weighted by atomic mass is 10.1. The quantitative estimate of drug-likeness (QED) is 0.361. The molecule has 1 heterocycles. The number of thiophene rings is 1. The molecule has 3 rings (SSSR count). The van der Waals surface area contributed by atoms with Gasteiger partial charge in [0, 0.05) is 10.4 Å².